The molecule has 0 aliphatic rings. The molecule has 0 aliphatic carbocycles. The molecule has 0 aliphatic heterocycles. The third kappa shape index (κ3) is 5.83. The average Bonchev–Trinajstić information content (AvgIpc) is 1.89. The second-order valence-electron chi connectivity index (χ2n) is 2.30. The van der Waals surface area contributed by atoms with Gasteiger partial charge in [-0.05, 0) is 33.1 Å². The standard InChI is InChI=1S/C9H17O/c1-4-6-7-8-9(3)10-5-2/h4,9H,1,3,5-8H2,2H3. The van der Waals surface area contributed by atoms with Crippen molar-refractivity contribution < 1.29 is 4.74 Å². The summed E-state index contributed by atoms with van der Waals surface area (Å²) >= 11 is 0. The summed E-state index contributed by atoms with van der Waals surface area (Å²) in [4.78, 5) is 0. The predicted molar refractivity (Wildman–Crippen MR) is 44.8 cm³/mol. The lowest BCUT2D eigenvalue weighted by Crippen LogP contribution is -2.07. The van der Waals surface area contributed by atoms with Gasteiger partial charge in [0.2, 0.25) is 0 Å². The smallest absolute Gasteiger partial charge is 0.0576 e. The van der Waals surface area contributed by atoms with E-state index in [1.165, 1.54) is 0 Å². The Labute approximate surface area is 64.1 Å². The van der Waals surface area contributed by atoms with Crippen LogP contribution in [-0.4, -0.2) is 12.7 Å². The van der Waals surface area contributed by atoms with Gasteiger partial charge in [0.1, 0.15) is 0 Å². The molecule has 1 atom stereocenters. The van der Waals surface area contributed by atoms with E-state index in [4.69, 9.17) is 4.74 Å². The Morgan fingerprint density at radius 1 is 1.60 bits per heavy atom. The van der Waals surface area contributed by atoms with E-state index < -0.39 is 0 Å². The number of hydrogen-bond donors (Lipinski definition) is 0. The van der Waals surface area contributed by atoms with Crippen LogP contribution in [0.2, 0.25) is 0 Å². The molecule has 0 bridgehead atoms. The molecule has 0 spiro atoms. The van der Waals surface area contributed by atoms with Gasteiger partial charge in [0.15, 0.2) is 0 Å². The third-order valence-electron chi connectivity index (χ3n) is 1.34. The third-order valence-corrected chi connectivity index (χ3v) is 1.34. The maximum absolute atomic E-state index is 5.24. The maximum Gasteiger partial charge on any atom is 0.0576 e. The zero-order valence-corrected chi connectivity index (χ0v) is 6.81. The lowest BCUT2D eigenvalue weighted by atomic mass is 10.2. The largest absolute Gasteiger partial charge is 0.379 e. The average molecular weight is 141 g/mol. The zero-order chi connectivity index (χ0) is 7.82. The van der Waals surface area contributed by atoms with Gasteiger partial charge >= 0.3 is 0 Å². The molecule has 0 aromatic heterocycles. The van der Waals surface area contributed by atoms with E-state index in [1.807, 2.05) is 13.0 Å². The summed E-state index contributed by atoms with van der Waals surface area (Å²) in [5.41, 5.74) is 0. The molecule has 0 saturated carbocycles. The fourth-order valence-electron chi connectivity index (χ4n) is 0.809. The van der Waals surface area contributed by atoms with E-state index in [1.54, 1.807) is 0 Å². The zero-order valence-electron chi connectivity index (χ0n) is 6.81. The van der Waals surface area contributed by atoms with Crippen LogP contribution in [0.5, 0.6) is 0 Å². The molecule has 0 saturated heterocycles. The molecular formula is C9H17O. The van der Waals surface area contributed by atoms with Crippen molar-refractivity contribution in [3.63, 3.8) is 0 Å². The van der Waals surface area contributed by atoms with Crippen molar-refractivity contribution in [2.45, 2.75) is 32.3 Å². The van der Waals surface area contributed by atoms with Crippen molar-refractivity contribution >= 4 is 0 Å². The summed E-state index contributed by atoms with van der Waals surface area (Å²) in [5.74, 6) is 0. The molecule has 1 radical (unpaired) electrons. The maximum atomic E-state index is 5.24. The second kappa shape index (κ2) is 6.81. The number of ether oxygens (including phenoxy) is 1. The Balaban J connectivity index is 3.04. The van der Waals surface area contributed by atoms with Crippen molar-refractivity contribution in [2.24, 2.45) is 0 Å². The summed E-state index contributed by atoms with van der Waals surface area (Å²) in [6.07, 6.45) is 5.35. The molecule has 0 amide bonds. The number of rotatable bonds is 6. The molecule has 0 aromatic carbocycles. The van der Waals surface area contributed by atoms with Crippen LogP contribution < -0.4 is 0 Å². The van der Waals surface area contributed by atoms with Crippen molar-refractivity contribution in [2.75, 3.05) is 6.61 Å². The van der Waals surface area contributed by atoms with Gasteiger partial charge < -0.3 is 4.74 Å². The van der Waals surface area contributed by atoms with Crippen LogP contribution in [0.25, 0.3) is 0 Å². The van der Waals surface area contributed by atoms with Crippen molar-refractivity contribution in [3.8, 4) is 0 Å². The van der Waals surface area contributed by atoms with Crippen molar-refractivity contribution in [1.29, 1.82) is 0 Å². The Kier molecular flexibility index (Phi) is 6.61. The lowest BCUT2D eigenvalue weighted by molar-refractivity contribution is 0.0871. The van der Waals surface area contributed by atoms with Crippen LogP contribution in [0.4, 0.5) is 0 Å². The van der Waals surface area contributed by atoms with Gasteiger partial charge in [0, 0.05) is 6.61 Å². The fraction of sp³-hybridized carbons (Fsp3) is 0.667. The first-order chi connectivity index (χ1) is 4.81. The second-order valence-corrected chi connectivity index (χ2v) is 2.30. The lowest BCUT2D eigenvalue weighted by Gasteiger charge is -2.09. The quantitative estimate of drug-likeness (QED) is 0.408. The van der Waals surface area contributed by atoms with Gasteiger partial charge in [-0.3, -0.25) is 0 Å². The number of hydrogen-bond acceptors (Lipinski definition) is 1. The van der Waals surface area contributed by atoms with Crippen molar-refractivity contribution in [1.82, 2.24) is 0 Å². The SMILES string of the molecule is [CH2]C(CCCC=C)OCC. The summed E-state index contributed by atoms with van der Waals surface area (Å²) in [7, 11) is 0. The highest BCUT2D eigenvalue weighted by Gasteiger charge is 1.97. The monoisotopic (exact) mass is 141 g/mol. The molecule has 10 heavy (non-hydrogen) atoms. The van der Waals surface area contributed by atoms with Crippen LogP contribution in [0.3, 0.4) is 0 Å². The molecule has 0 rings (SSSR count). The molecule has 0 aromatic rings. The fourth-order valence-corrected chi connectivity index (χ4v) is 0.809. The van der Waals surface area contributed by atoms with E-state index >= 15 is 0 Å². The predicted octanol–water partition coefficient (Wildman–Crippen LogP) is 2.58. The Morgan fingerprint density at radius 2 is 2.30 bits per heavy atom. The highest BCUT2D eigenvalue weighted by Crippen LogP contribution is 2.03. The van der Waals surface area contributed by atoms with Gasteiger partial charge in [-0.2, -0.15) is 0 Å². The highest BCUT2D eigenvalue weighted by molar-refractivity contribution is 4.68. The number of allylic oxidation sites excluding steroid dienone is 1. The summed E-state index contributed by atoms with van der Waals surface area (Å²) in [5, 5.41) is 0. The van der Waals surface area contributed by atoms with Crippen LogP contribution in [-0.2, 0) is 4.74 Å². The number of unbranched alkanes of at least 4 members (excludes halogenated alkanes) is 1. The normalized spacial score (nSPS) is 13.0. The molecule has 0 heterocycles. The highest BCUT2D eigenvalue weighted by atomic mass is 16.5. The Hall–Kier alpha value is -0.300. The minimum Gasteiger partial charge on any atom is -0.379 e. The molecular weight excluding hydrogens is 124 g/mol. The molecule has 0 N–H and O–H groups in total. The van der Waals surface area contributed by atoms with Crippen LogP contribution >= 0.6 is 0 Å². The molecule has 1 nitrogen and oxygen atoms in total. The minimum absolute atomic E-state index is 0.171. The van der Waals surface area contributed by atoms with E-state index in [2.05, 4.69) is 13.5 Å². The first-order valence-corrected chi connectivity index (χ1v) is 3.86. The molecule has 0 fully saturated rings. The summed E-state index contributed by atoms with van der Waals surface area (Å²) < 4.78 is 5.24. The minimum atomic E-state index is 0.171. The van der Waals surface area contributed by atoms with Crippen LogP contribution in [0.15, 0.2) is 12.7 Å². The van der Waals surface area contributed by atoms with E-state index in [9.17, 15) is 0 Å². The van der Waals surface area contributed by atoms with Gasteiger partial charge in [-0.15, -0.1) is 6.58 Å². The van der Waals surface area contributed by atoms with Crippen LogP contribution in [0, 0.1) is 6.92 Å². The van der Waals surface area contributed by atoms with Crippen LogP contribution in [0.1, 0.15) is 26.2 Å². The van der Waals surface area contributed by atoms with Crippen molar-refractivity contribution in [3.05, 3.63) is 19.6 Å². The van der Waals surface area contributed by atoms with Gasteiger partial charge in [-0.25, -0.2) is 0 Å². The van der Waals surface area contributed by atoms with E-state index in [0.29, 0.717) is 0 Å². The Bertz CT molecular complexity index is 78.8. The first-order valence-electron chi connectivity index (χ1n) is 3.86. The van der Waals surface area contributed by atoms with E-state index in [-0.39, 0.29) is 6.10 Å². The first kappa shape index (κ1) is 9.70. The topological polar surface area (TPSA) is 9.23 Å². The van der Waals surface area contributed by atoms with Gasteiger partial charge in [0.05, 0.1) is 6.10 Å². The molecule has 59 valence electrons. The summed E-state index contributed by atoms with van der Waals surface area (Å²) in [6, 6.07) is 0. The van der Waals surface area contributed by atoms with Gasteiger partial charge in [-0.1, -0.05) is 6.08 Å². The Morgan fingerprint density at radius 3 is 2.80 bits per heavy atom. The van der Waals surface area contributed by atoms with E-state index in [0.717, 1.165) is 25.9 Å². The summed E-state index contributed by atoms with van der Waals surface area (Å²) in [6.45, 7) is 10.2. The molecule has 1 heteroatoms. The van der Waals surface area contributed by atoms with Gasteiger partial charge in [0.25, 0.3) is 0 Å². The molecule has 1 unspecified atom stereocenters.